The van der Waals surface area contributed by atoms with E-state index in [1.807, 2.05) is 6.92 Å². The van der Waals surface area contributed by atoms with Gasteiger partial charge in [0.15, 0.2) is 0 Å². The van der Waals surface area contributed by atoms with Gasteiger partial charge in [-0.1, -0.05) is 26.0 Å². The average Bonchev–Trinajstić information content (AvgIpc) is 2.16. The molecule has 1 aromatic rings. The highest BCUT2D eigenvalue weighted by Crippen LogP contribution is 2.24. The average molecular weight is 208 g/mol. The standard InChI is InChI=1S/C13H20O2/c1-9(2)12-6-5-10(3)13(7-12)15-8-11(4)14/h5-7,9,11,14H,8H2,1-4H3/t11-/m0/s1. The second-order valence-electron chi connectivity index (χ2n) is 4.34. The molecule has 0 amide bonds. The molecule has 0 saturated heterocycles. The van der Waals surface area contributed by atoms with E-state index in [1.54, 1.807) is 6.92 Å². The topological polar surface area (TPSA) is 29.5 Å². The first-order chi connectivity index (χ1) is 7.00. The van der Waals surface area contributed by atoms with Crippen molar-refractivity contribution in [3.05, 3.63) is 29.3 Å². The minimum absolute atomic E-state index is 0.350. The zero-order valence-electron chi connectivity index (χ0n) is 9.95. The highest BCUT2D eigenvalue weighted by atomic mass is 16.5. The van der Waals surface area contributed by atoms with Crippen LogP contribution in [0.4, 0.5) is 0 Å². The minimum Gasteiger partial charge on any atom is -0.491 e. The number of aliphatic hydroxyl groups is 1. The predicted octanol–water partition coefficient (Wildman–Crippen LogP) is 2.88. The fourth-order valence-electron chi connectivity index (χ4n) is 1.34. The van der Waals surface area contributed by atoms with Gasteiger partial charge in [0.2, 0.25) is 0 Å². The Bertz CT molecular complexity index is 316. The van der Waals surface area contributed by atoms with Crippen LogP contribution in [0.2, 0.25) is 0 Å². The summed E-state index contributed by atoms with van der Waals surface area (Å²) < 4.78 is 5.54. The molecule has 0 saturated carbocycles. The van der Waals surface area contributed by atoms with Crippen LogP contribution in [0, 0.1) is 6.92 Å². The maximum atomic E-state index is 9.16. The van der Waals surface area contributed by atoms with Crippen molar-refractivity contribution in [2.24, 2.45) is 0 Å². The zero-order valence-corrected chi connectivity index (χ0v) is 9.95. The Morgan fingerprint density at radius 1 is 1.27 bits per heavy atom. The van der Waals surface area contributed by atoms with Crippen molar-refractivity contribution in [2.45, 2.75) is 39.7 Å². The fraction of sp³-hybridized carbons (Fsp3) is 0.538. The lowest BCUT2D eigenvalue weighted by molar-refractivity contribution is 0.122. The molecule has 15 heavy (non-hydrogen) atoms. The van der Waals surface area contributed by atoms with E-state index < -0.39 is 6.10 Å². The van der Waals surface area contributed by atoms with Crippen LogP contribution in [-0.2, 0) is 0 Å². The first-order valence-electron chi connectivity index (χ1n) is 5.42. The summed E-state index contributed by atoms with van der Waals surface area (Å²) in [4.78, 5) is 0. The Kier molecular flexibility index (Phi) is 4.15. The molecule has 0 aliphatic carbocycles. The zero-order chi connectivity index (χ0) is 11.4. The van der Waals surface area contributed by atoms with Gasteiger partial charge in [0.05, 0.1) is 6.10 Å². The smallest absolute Gasteiger partial charge is 0.122 e. The summed E-state index contributed by atoms with van der Waals surface area (Å²) >= 11 is 0. The van der Waals surface area contributed by atoms with Crippen LogP contribution in [0.1, 0.15) is 37.8 Å². The van der Waals surface area contributed by atoms with E-state index in [0.717, 1.165) is 11.3 Å². The van der Waals surface area contributed by atoms with Crippen LogP contribution in [0.15, 0.2) is 18.2 Å². The minimum atomic E-state index is -0.424. The molecule has 0 unspecified atom stereocenters. The van der Waals surface area contributed by atoms with Gasteiger partial charge in [0, 0.05) is 0 Å². The van der Waals surface area contributed by atoms with E-state index in [1.165, 1.54) is 5.56 Å². The van der Waals surface area contributed by atoms with E-state index in [4.69, 9.17) is 9.84 Å². The van der Waals surface area contributed by atoms with Crippen molar-refractivity contribution in [1.29, 1.82) is 0 Å². The molecule has 0 heterocycles. The number of rotatable bonds is 4. The molecule has 0 aliphatic rings. The summed E-state index contributed by atoms with van der Waals surface area (Å²) in [6.45, 7) is 8.40. The molecule has 84 valence electrons. The van der Waals surface area contributed by atoms with E-state index in [-0.39, 0.29) is 0 Å². The van der Waals surface area contributed by atoms with Crippen molar-refractivity contribution in [1.82, 2.24) is 0 Å². The van der Waals surface area contributed by atoms with Crippen LogP contribution in [0.3, 0.4) is 0 Å². The largest absolute Gasteiger partial charge is 0.491 e. The fourth-order valence-corrected chi connectivity index (χ4v) is 1.34. The van der Waals surface area contributed by atoms with Gasteiger partial charge in [0.1, 0.15) is 12.4 Å². The molecule has 1 N–H and O–H groups in total. The third kappa shape index (κ3) is 3.56. The van der Waals surface area contributed by atoms with Gasteiger partial charge in [-0.25, -0.2) is 0 Å². The molecule has 0 aromatic heterocycles. The molecular weight excluding hydrogens is 188 g/mol. The number of hydrogen-bond acceptors (Lipinski definition) is 2. The van der Waals surface area contributed by atoms with Gasteiger partial charge in [-0.05, 0) is 37.0 Å². The molecule has 0 fully saturated rings. The second kappa shape index (κ2) is 5.17. The van der Waals surface area contributed by atoms with Gasteiger partial charge < -0.3 is 9.84 Å². The van der Waals surface area contributed by atoms with Gasteiger partial charge in [-0.2, -0.15) is 0 Å². The number of aryl methyl sites for hydroxylation is 1. The van der Waals surface area contributed by atoms with Crippen LogP contribution in [0.5, 0.6) is 5.75 Å². The molecule has 1 atom stereocenters. The summed E-state index contributed by atoms with van der Waals surface area (Å²) in [5, 5.41) is 9.16. The Hall–Kier alpha value is -1.02. The first-order valence-corrected chi connectivity index (χ1v) is 5.42. The SMILES string of the molecule is Cc1ccc(C(C)C)cc1OC[C@H](C)O. The van der Waals surface area contributed by atoms with Crippen molar-refractivity contribution < 1.29 is 9.84 Å². The summed E-state index contributed by atoms with van der Waals surface area (Å²) in [7, 11) is 0. The molecule has 0 radical (unpaired) electrons. The third-order valence-electron chi connectivity index (χ3n) is 2.36. The normalized spacial score (nSPS) is 12.9. The number of ether oxygens (including phenoxy) is 1. The first kappa shape index (κ1) is 12.1. The third-order valence-corrected chi connectivity index (χ3v) is 2.36. The van der Waals surface area contributed by atoms with Crippen molar-refractivity contribution >= 4 is 0 Å². The highest BCUT2D eigenvalue weighted by Gasteiger charge is 2.05. The summed E-state index contributed by atoms with van der Waals surface area (Å²) in [5.74, 6) is 1.38. The van der Waals surface area contributed by atoms with Crippen LogP contribution in [0.25, 0.3) is 0 Å². The Morgan fingerprint density at radius 2 is 1.93 bits per heavy atom. The molecule has 2 heteroatoms. The molecular formula is C13H20O2. The molecule has 1 aromatic carbocycles. The van der Waals surface area contributed by atoms with Crippen molar-refractivity contribution in [3.8, 4) is 5.75 Å². The molecule has 2 nitrogen and oxygen atoms in total. The Morgan fingerprint density at radius 3 is 2.47 bits per heavy atom. The number of benzene rings is 1. The predicted molar refractivity (Wildman–Crippen MR) is 62.4 cm³/mol. The van der Waals surface area contributed by atoms with Crippen LogP contribution in [-0.4, -0.2) is 17.8 Å². The second-order valence-corrected chi connectivity index (χ2v) is 4.34. The Balaban J connectivity index is 2.81. The quantitative estimate of drug-likeness (QED) is 0.824. The molecule has 0 bridgehead atoms. The van der Waals surface area contributed by atoms with Gasteiger partial charge in [-0.15, -0.1) is 0 Å². The van der Waals surface area contributed by atoms with Gasteiger partial charge in [0.25, 0.3) is 0 Å². The van der Waals surface area contributed by atoms with Crippen LogP contribution < -0.4 is 4.74 Å². The van der Waals surface area contributed by atoms with E-state index >= 15 is 0 Å². The summed E-state index contributed by atoms with van der Waals surface area (Å²) in [6, 6.07) is 6.24. The monoisotopic (exact) mass is 208 g/mol. The number of aliphatic hydroxyl groups excluding tert-OH is 1. The molecule has 1 rings (SSSR count). The maximum absolute atomic E-state index is 9.16. The van der Waals surface area contributed by atoms with Crippen LogP contribution >= 0.6 is 0 Å². The van der Waals surface area contributed by atoms with Crippen molar-refractivity contribution in [2.75, 3.05) is 6.61 Å². The summed E-state index contributed by atoms with van der Waals surface area (Å²) in [5.41, 5.74) is 2.38. The molecule has 0 aliphatic heterocycles. The summed E-state index contributed by atoms with van der Waals surface area (Å²) in [6.07, 6.45) is -0.424. The van der Waals surface area contributed by atoms with E-state index in [0.29, 0.717) is 12.5 Å². The highest BCUT2D eigenvalue weighted by molar-refractivity contribution is 5.37. The number of hydrogen-bond donors (Lipinski definition) is 1. The van der Waals surface area contributed by atoms with Crippen molar-refractivity contribution in [3.63, 3.8) is 0 Å². The van der Waals surface area contributed by atoms with E-state index in [2.05, 4.69) is 32.0 Å². The van der Waals surface area contributed by atoms with Gasteiger partial charge >= 0.3 is 0 Å². The van der Waals surface area contributed by atoms with Gasteiger partial charge in [-0.3, -0.25) is 0 Å². The lowest BCUT2D eigenvalue weighted by atomic mass is 10.0. The lowest BCUT2D eigenvalue weighted by Crippen LogP contribution is -2.13. The van der Waals surface area contributed by atoms with E-state index in [9.17, 15) is 0 Å². The lowest BCUT2D eigenvalue weighted by Gasteiger charge is -2.13. The maximum Gasteiger partial charge on any atom is 0.122 e. The molecule has 0 spiro atoms. The Labute approximate surface area is 91.9 Å².